The van der Waals surface area contributed by atoms with E-state index >= 15 is 0 Å². The number of carbonyl (C=O) groups is 1. The van der Waals surface area contributed by atoms with E-state index in [2.05, 4.69) is 5.32 Å². The Kier molecular flexibility index (Phi) is 7.28. The predicted molar refractivity (Wildman–Crippen MR) is 62.2 cm³/mol. The summed E-state index contributed by atoms with van der Waals surface area (Å²) in [5.41, 5.74) is 1.56. The molecule has 0 aliphatic heterocycles. The summed E-state index contributed by atoms with van der Waals surface area (Å²) in [5.74, 6) is -0.647. The molecule has 0 aromatic heterocycles. The third-order valence-electron chi connectivity index (χ3n) is 2.10. The molecule has 0 aromatic rings. The van der Waals surface area contributed by atoms with Crippen molar-refractivity contribution in [2.45, 2.75) is 32.7 Å². The van der Waals surface area contributed by atoms with Gasteiger partial charge in [-0.25, -0.2) is 5.48 Å². The van der Waals surface area contributed by atoms with Gasteiger partial charge in [0.15, 0.2) is 0 Å². The summed E-state index contributed by atoms with van der Waals surface area (Å²) in [6, 6.07) is -0.568. The van der Waals surface area contributed by atoms with Crippen LogP contribution in [0.4, 0.5) is 0 Å². The van der Waals surface area contributed by atoms with Gasteiger partial charge in [-0.15, -0.1) is 0 Å². The summed E-state index contributed by atoms with van der Waals surface area (Å²) in [5, 5.41) is 11.4. The molecule has 4 N–H and O–H groups in total. The van der Waals surface area contributed by atoms with E-state index in [0.717, 1.165) is 0 Å². The van der Waals surface area contributed by atoms with E-state index < -0.39 is 22.1 Å². The molecule has 1 atom stereocenters. The Morgan fingerprint density at radius 1 is 1.35 bits per heavy atom. The lowest BCUT2D eigenvalue weighted by atomic mass is 10.0. The van der Waals surface area contributed by atoms with Crippen LogP contribution >= 0.6 is 0 Å². The summed E-state index contributed by atoms with van der Waals surface area (Å²) < 4.78 is 29.4. The molecule has 0 aliphatic rings. The van der Waals surface area contributed by atoms with E-state index in [1.807, 2.05) is 13.8 Å². The van der Waals surface area contributed by atoms with Crippen molar-refractivity contribution >= 4 is 16.0 Å². The van der Waals surface area contributed by atoms with Crippen LogP contribution in [0.15, 0.2) is 0 Å². The molecule has 0 saturated heterocycles. The van der Waals surface area contributed by atoms with Gasteiger partial charge in [0.25, 0.3) is 16.0 Å². The monoisotopic (exact) mass is 268 g/mol. The lowest BCUT2D eigenvalue weighted by Crippen LogP contribution is -2.44. The Bertz CT molecular complexity index is 328. The number of hydrogen-bond acceptors (Lipinski definition) is 5. The average Bonchev–Trinajstić information content (AvgIpc) is 2.19. The Morgan fingerprint density at radius 3 is 2.35 bits per heavy atom. The molecule has 0 bridgehead atoms. The van der Waals surface area contributed by atoms with Crippen LogP contribution in [-0.4, -0.2) is 42.4 Å². The summed E-state index contributed by atoms with van der Waals surface area (Å²) in [6.45, 7) is 4.12. The number of nitrogens with one attached hydrogen (secondary N) is 2. The van der Waals surface area contributed by atoms with Crippen molar-refractivity contribution in [3.8, 4) is 0 Å². The highest BCUT2D eigenvalue weighted by Gasteiger charge is 2.18. The molecule has 0 aromatic carbocycles. The maximum atomic E-state index is 11.2. The molecule has 102 valence electrons. The molecule has 0 unspecified atom stereocenters. The predicted octanol–water partition coefficient (Wildman–Crippen LogP) is -0.226. The van der Waals surface area contributed by atoms with Gasteiger partial charge >= 0.3 is 0 Å². The lowest BCUT2D eigenvalue weighted by Gasteiger charge is -2.18. The summed E-state index contributed by atoms with van der Waals surface area (Å²) in [4.78, 5) is 11.2. The van der Waals surface area contributed by atoms with Crippen molar-refractivity contribution in [1.82, 2.24) is 10.8 Å². The first-order valence-electron chi connectivity index (χ1n) is 5.38. The second-order valence-corrected chi connectivity index (χ2v) is 5.82. The van der Waals surface area contributed by atoms with Crippen LogP contribution in [0.1, 0.15) is 26.7 Å². The van der Waals surface area contributed by atoms with Gasteiger partial charge < -0.3 is 5.32 Å². The molecule has 0 rings (SSSR count). The Morgan fingerprint density at radius 2 is 1.94 bits per heavy atom. The van der Waals surface area contributed by atoms with Gasteiger partial charge in [-0.3, -0.25) is 14.6 Å². The fraction of sp³-hybridized carbons (Fsp3) is 0.889. The number of rotatable bonds is 8. The topological polar surface area (TPSA) is 116 Å². The van der Waals surface area contributed by atoms with E-state index in [0.29, 0.717) is 6.42 Å². The highest BCUT2D eigenvalue weighted by atomic mass is 32.2. The van der Waals surface area contributed by atoms with Gasteiger partial charge in [0.1, 0.15) is 0 Å². The van der Waals surface area contributed by atoms with E-state index in [1.165, 1.54) is 0 Å². The third kappa shape index (κ3) is 9.04. The van der Waals surface area contributed by atoms with Crippen LogP contribution in [0.5, 0.6) is 0 Å². The van der Waals surface area contributed by atoms with Crippen molar-refractivity contribution in [3.05, 3.63) is 0 Å². The molecular formula is C9H20N2O5S. The normalized spacial score (nSPS) is 13.7. The van der Waals surface area contributed by atoms with Crippen molar-refractivity contribution < 1.29 is 23.0 Å². The molecule has 0 radical (unpaired) electrons. The standard InChI is InChI=1S/C9H20N2O5S/c1-7(2)6-8(9(12)11-13)10-4-3-5-17(14,15)16/h7-8,10,13H,3-6H2,1-2H3,(H,11,12)(H,14,15,16)/t8-/m0/s1. The summed E-state index contributed by atoms with van der Waals surface area (Å²) in [7, 11) is -3.96. The highest BCUT2D eigenvalue weighted by Crippen LogP contribution is 2.04. The summed E-state index contributed by atoms with van der Waals surface area (Å²) in [6.07, 6.45) is 0.727. The van der Waals surface area contributed by atoms with Crippen LogP contribution in [0.25, 0.3) is 0 Å². The first kappa shape index (κ1) is 16.3. The molecule has 7 nitrogen and oxygen atoms in total. The van der Waals surface area contributed by atoms with Gasteiger partial charge in [-0.1, -0.05) is 13.8 Å². The maximum absolute atomic E-state index is 11.2. The average molecular weight is 268 g/mol. The molecular weight excluding hydrogens is 248 g/mol. The van der Waals surface area contributed by atoms with Gasteiger partial charge in [0.2, 0.25) is 0 Å². The van der Waals surface area contributed by atoms with Crippen LogP contribution < -0.4 is 10.8 Å². The fourth-order valence-electron chi connectivity index (χ4n) is 1.36. The van der Waals surface area contributed by atoms with Crippen LogP contribution in [0.2, 0.25) is 0 Å². The molecule has 0 heterocycles. The Labute approximate surface area is 101 Å². The second kappa shape index (κ2) is 7.59. The summed E-state index contributed by atoms with van der Waals surface area (Å²) >= 11 is 0. The molecule has 17 heavy (non-hydrogen) atoms. The van der Waals surface area contributed by atoms with E-state index in [1.54, 1.807) is 5.48 Å². The first-order chi connectivity index (χ1) is 7.76. The van der Waals surface area contributed by atoms with Crippen molar-refractivity contribution in [2.24, 2.45) is 5.92 Å². The quantitative estimate of drug-likeness (QED) is 0.209. The van der Waals surface area contributed by atoms with Gasteiger partial charge in [-0.05, 0) is 25.3 Å². The largest absolute Gasteiger partial charge is 0.306 e. The zero-order valence-electron chi connectivity index (χ0n) is 10.0. The molecule has 8 heteroatoms. The highest BCUT2D eigenvalue weighted by molar-refractivity contribution is 7.85. The van der Waals surface area contributed by atoms with Gasteiger partial charge in [0, 0.05) is 0 Å². The zero-order valence-corrected chi connectivity index (χ0v) is 10.8. The molecule has 0 spiro atoms. The minimum atomic E-state index is -3.96. The molecule has 1 amide bonds. The van der Waals surface area contributed by atoms with E-state index in [9.17, 15) is 13.2 Å². The van der Waals surface area contributed by atoms with Crippen molar-refractivity contribution in [1.29, 1.82) is 0 Å². The van der Waals surface area contributed by atoms with Crippen LogP contribution in [0.3, 0.4) is 0 Å². The minimum Gasteiger partial charge on any atom is -0.306 e. The Hall–Kier alpha value is -0.700. The van der Waals surface area contributed by atoms with E-state index in [4.69, 9.17) is 9.76 Å². The van der Waals surface area contributed by atoms with E-state index in [-0.39, 0.29) is 24.6 Å². The smallest absolute Gasteiger partial charge is 0.264 e. The van der Waals surface area contributed by atoms with Crippen molar-refractivity contribution in [2.75, 3.05) is 12.3 Å². The lowest BCUT2D eigenvalue weighted by molar-refractivity contribution is -0.131. The number of amides is 1. The molecule has 0 aliphatic carbocycles. The Balaban J connectivity index is 4.04. The maximum Gasteiger partial charge on any atom is 0.264 e. The SMILES string of the molecule is CC(C)C[C@H](NCCCS(=O)(=O)O)C(=O)NO. The number of hydrogen-bond donors (Lipinski definition) is 4. The first-order valence-corrected chi connectivity index (χ1v) is 6.99. The molecule has 0 fully saturated rings. The number of hydroxylamine groups is 1. The fourth-order valence-corrected chi connectivity index (χ4v) is 1.87. The van der Waals surface area contributed by atoms with Gasteiger partial charge in [-0.2, -0.15) is 8.42 Å². The zero-order chi connectivity index (χ0) is 13.5. The van der Waals surface area contributed by atoms with Crippen LogP contribution in [0, 0.1) is 5.92 Å². The third-order valence-corrected chi connectivity index (χ3v) is 2.91. The van der Waals surface area contributed by atoms with Crippen LogP contribution in [-0.2, 0) is 14.9 Å². The minimum absolute atomic E-state index is 0.201. The molecule has 0 saturated carbocycles. The van der Waals surface area contributed by atoms with Gasteiger partial charge in [0.05, 0.1) is 11.8 Å². The second-order valence-electron chi connectivity index (χ2n) is 4.25. The van der Waals surface area contributed by atoms with Crippen molar-refractivity contribution in [3.63, 3.8) is 0 Å². The number of carbonyl (C=O) groups excluding carboxylic acids is 1.